The van der Waals surface area contributed by atoms with E-state index in [0.717, 1.165) is 38.6 Å². The summed E-state index contributed by atoms with van der Waals surface area (Å²) in [5, 5.41) is 1.82. The van der Waals surface area contributed by atoms with Crippen molar-refractivity contribution in [1.82, 2.24) is 15.0 Å². The van der Waals surface area contributed by atoms with E-state index in [2.05, 4.69) is 0 Å². The lowest BCUT2D eigenvalue weighted by molar-refractivity contribution is 0.669. The van der Waals surface area contributed by atoms with Crippen LogP contribution in [0.15, 0.2) is 156 Å². The zero-order chi connectivity index (χ0) is 32.9. The molecule has 43 heavy (non-hydrogen) atoms. The minimum atomic E-state index is -0.406. The maximum Gasteiger partial charge on any atom is 0.164 e. The van der Waals surface area contributed by atoms with Crippen LogP contribution in [0.5, 0.6) is 0 Å². The second-order valence-corrected chi connectivity index (χ2v) is 10.1. The molecule has 0 bridgehead atoms. The van der Waals surface area contributed by atoms with Crippen LogP contribution in [0.4, 0.5) is 0 Å². The lowest BCUT2D eigenvalue weighted by atomic mass is 9.99. The first-order chi connectivity index (χ1) is 23.4. The maximum atomic E-state index is 8.33. The molecule has 4 heteroatoms. The molecule has 6 aromatic carbocycles. The first-order valence-corrected chi connectivity index (χ1v) is 13.9. The molecular formula is C39H25N3O. The van der Waals surface area contributed by atoms with E-state index < -0.39 is 6.04 Å². The van der Waals surface area contributed by atoms with Gasteiger partial charge in [0.1, 0.15) is 11.2 Å². The number of nitrogens with zero attached hydrogens (tertiary/aromatic N) is 3. The Kier molecular flexibility index (Phi) is 4.91. The smallest absolute Gasteiger partial charge is 0.164 e. The highest BCUT2D eigenvalue weighted by Gasteiger charge is 2.18. The van der Waals surface area contributed by atoms with Gasteiger partial charge in [-0.1, -0.05) is 133 Å². The van der Waals surface area contributed by atoms with Gasteiger partial charge >= 0.3 is 0 Å². The van der Waals surface area contributed by atoms with E-state index in [-0.39, 0.29) is 29.7 Å². The van der Waals surface area contributed by atoms with E-state index in [0.29, 0.717) is 34.2 Å². The van der Waals surface area contributed by atoms with Crippen molar-refractivity contribution in [2.75, 3.05) is 0 Å². The number of aromatic nitrogens is 3. The number of hydrogen-bond acceptors (Lipinski definition) is 4. The molecule has 8 rings (SSSR count). The van der Waals surface area contributed by atoms with Crippen molar-refractivity contribution in [2.45, 2.75) is 0 Å². The first-order valence-electron chi connectivity index (χ1n) is 16.4. The molecule has 2 heterocycles. The molecule has 0 aliphatic heterocycles. The van der Waals surface area contributed by atoms with Crippen LogP contribution in [0, 0.1) is 0 Å². The van der Waals surface area contributed by atoms with E-state index in [4.69, 9.17) is 26.2 Å². The third-order valence-electron chi connectivity index (χ3n) is 7.44. The largest absolute Gasteiger partial charge is 0.456 e. The van der Waals surface area contributed by atoms with Crippen LogP contribution >= 0.6 is 0 Å². The van der Waals surface area contributed by atoms with Crippen molar-refractivity contribution < 1.29 is 11.3 Å². The topological polar surface area (TPSA) is 51.8 Å². The molecule has 0 N–H and O–H groups in total. The zero-order valence-electron chi connectivity index (χ0n) is 27.8. The Balaban J connectivity index is 1.22. The van der Waals surface area contributed by atoms with Gasteiger partial charge in [0, 0.05) is 27.5 Å². The minimum Gasteiger partial charge on any atom is -0.456 e. The van der Waals surface area contributed by atoms with Gasteiger partial charge in [-0.3, -0.25) is 0 Å². The number of rotatable bonds is 5. The minimum absolute atomic E-state index is 0.178. The van der Waals surface area contributed by atoms with Crippen LogP contribution < -0.4 is 0 Å². The van der Waals surface area contributed by atoms with Crippen molar-refractivity contribution in [3.8, 4) is 56.4 Å². The van der Waals surface area contributed by atoms with Crippen molar-refractivity contribution in [2.24, 2.45) is 0 Å². The van der Waals surface area contributed by atoms with Gasteiger partial charge in [-0.2, -0.15) is 0 Å². The highest BCUT2D eigenvalue weighted by Crippen LogP contribution is 2.38. The molecule has 0 saturated carbocycles. The summed E-state index contributed by atoms with van der Waals surface area (Å²) < 4.78 is 47.0. The van der Waals surface area contributed by atoms with Gasteiger partial charge in [0.2, 0.25) is 0 Å². The maximum absolute atomic E-state index is 8.33. The van der Waals surface area contributed by atoms with Crippen molar-refractivity contribution >= 4 is 21.9 Å². The summed E-state index contributed by atoms with van der Waals surface area (Å²) in [6, 6.07) is 37.4. The summed E-state index contributed by atoms with van der Waals surface area (Å²) in [4.78, 5) is 14.7. The highest BCUT2D eigenvalue weighted by molar-refractivity contribution is 6.12. The highest BCUT2D eigenvalue weighted by atomic mass is 16.3. The van der Waals surface area contributed by atoms with Crippen LogP contribution in [0.25, 0.3) is 78.4 Å². The fourth-order valence-corrected chi connectivity index (χ4v) is 5.34. The standard InChI is InChI=1S/C39H25N3O/c1-4-11-26(12-5-1)27-19-21-28(22-20-27)31-23-24-32-35(25-31)43-34-18-10-17-33(36(32)34)39-41-37(29-13-6-2-7-14-29)40-38(42-39)30-15-8-3-9-16-30/h1-25H/i1D,4D,5D,11D,12D. The molecule has 202 valence electrons. The quantitative estimate of drug-likeness (QED) is 0.212. The van der Waals surface area contributed by atoms with Gasteiger partial charge in [0.05, 0.1) is 6.85 Å². The van der Waals surface area contributed by atoms with Crippen LogP contribution in [-0.4, -0.2) is 15.0 Å². The van der Waals surface area contributed by atoms with Gasteiger partial charge in [-0.05, 0) is 40.5 Å². The molecule has 0 amide bonds. The number of fused-ring (bicyclic) bond motifs is 3. The molecule has 2 aromatic heterocycles. The molecule has 0 atom stereocenters. The molecule has 0 radical (unpaired) electrons. The molecule has 0 fully saturated rings. The van der Waals surface area contributed by atoms with E-state index in [1.54, 1.807) is 12.1 Å². The molecule has 0 spiro atoms. The fourth-order valence-electron chi connectivity index (χ4n) is 5.34. The van der Waals surface area contributed by atoms with E-state index in [1.165, 1.54) is 0 Å². The summed E-state index contributed by atoms with van der Waals surface area (Å²) in [6.45, 7) is 0. The van der Waals surface area contributed by atoms with Crippen molar-refractivity contribution in [1.29, 1.82) is 0 Å². The molecule has 0 saturated heterocycles. The average molecular weight is 557 g/mol. The molecule has 0 aliphatic rings. The molecular weight excluding hydrogens is 526 g/mol. The Morgan fingerprint density at radius 3 is 1.67 bits per heavy atom. The average Bonchev–Trinajstić information content (AvgIpc) is 3.52. The Labute approximate surface area is 256 Å². The molecule has 8 aromatic rings. The van der Waals surface area contributed by atoms with Gasteiger partial charge in [0.15, 0.2) is 17.5 Å². The second-order valence-electron chi connectivity index (χ2n) is 10.1. The first kappa shape index (κ1) is 20.1. The predicted octanol–water partition coefficient (Wildman–Crippen LogP) is 10.1. The molecule has 4 nitrogen and oxygen atoms in total. The molecule has 0 aliphatic carbocycles. The summed E-state index contributed by atoms with van der Waals surface area (Å²) in [5.74, 6) is 1.71. The Bertz CT molecular complexity index is 2410. The van der Waals surface area contributed by atoms with Gasteiger partial charge < -0.3 is 4.42 Å². The van der Waals surface area contributed by atoms with Gasteiger partial charge in [-0.25, -0.2) is 15.0 Å². The number of hydrogen-bond donors (Lipinski definition) is 0. The Morgan fingerprint density at radius 1 is 0.442 bits per heavy atom. The van der Waals surface area contributed by atoms with Gasteiger partial charge in [-0.15, -0.1) is 0 Å². The second kappa shape index (κ2) is 10.5. The van der Waals surface area contributed by atoms with Crippen LogP contribution in [0.2, 0.25) is 0 Å². The normalized spacial score (nSPS) is 12.9. The van der Waals surface area contributed by atoms with Crippen LogP contribution in [-0.2, 0) is 0 Å². The predicted molar refractivity (Wildman–Crippen MR) is 174 cm³/mol. The van der Waals surface area contributed by atoms with Crippen LogP contribution in [0.1, 0.15) is 6.85 Å². The SMILES string of the molecule is [2H]c1c([2H])c([2H])c(-c2ccc(-c3ccc4c(c3)oc3cccc(-c5nc(-c6ccccc6)nc(-c6ccccc6)n5)c34)cc2)c([2H])c1[2H]. The van der Waals surface area contributed by atoms with E-state index >= 15 is 0 Å². The fraction of sp³-hybridized carbons (Fsp3) is 0. The van der Waals surface area contributed by atoms with Crippen LogP contribution in [0.3, 0.4) is 0 Å². The van der Waals surface area contributed by atoms with E-state index in [1.807, 2.05) is 109 Å². The summed E-state index contributed by atoms with van der Waals surface area (Å²) >= 11 is 0. The van der Waals surface area contributed by atoms with Crippen molar-refractivity contribution in [3.63, 3.8) is 0 Å². The lowest BCUT2D eigenvalue weighted by Gasteiger charge is -2.09. The van der Waals surface area contributed by atoms with E-state index in [9.17, 15) is 0 Å². The summed E-state index contributed by atoms with van der Waals surface area (Å²) in [7, 11) is 0. The lowest BCUT2D eigenvalue weighted by Crippen LogP contribution is -2.00. The summed E-state index contributed by atoms with van der Waals surface area (Å²) in [5.41, 5.74) is 6.56. The number of furan rings is 1. The molecule has 0 unspecified atom stereocenters. The summed E-state index contributed by atoms with van der Waals surface area (Å²) in [6.07, 6.45) is 0. The Morgan fingerprint density at radius 2 is 1.02 bits per heavy atom. The van der Waals surface area contributed by atoms with Crippen molar-refractivity contribution in [3.05, 3.63) is 152 Å². The van der Waals surface area contributed by atoms with Gasteiger partial charge in [0.25, 0.3) is 0 Å². The zero-order valence-corrected chi connectivity index (χ0v) is 22.8. The Hall–Kier alpha value is -5.87. The third-order valence-corrected chi connectivity index (χ3v) is 7.44. The number of benzene rings is 6. The third kappa shape index (κ3) is 4.65. The monoisotopic (exact) mass is 556 g/mol.